The summed E-state index contributed by atoms with van der Waals surface area (Å²) >= 11 is 1.91. The first-order valence-corrected chi connectivity index (χ1v) is 12.7. The van der Waals surface area contributed by atoms with E-state index in [-0.39, 0.29) is 0 Å². The van der Waals surface area contributed by atoms with Crippen LogP contribution < -0.4 is 4.90 Å². The van der Waals surface area contributed by atoms with E-state index < -0.39 is 5.97 Å². The van der Waals surface area contributed by atoms with Crippen molar-refractivity contribution < 1.29 is 9.90 Å². The van der Waals surface area contributed by atoms with Gasteiger partial charge in [-0.1, -0.05) is 33.3 Å². The van der Waals surface area contributed by atoms with Crippen LogP contribution in [0.3, 0.4) is 0 Å². The van der Waals surface area contributed by atoms with Gasteiger partial charge in [0.1, 0.15) is 0 Å². The van der Waals surface area contributed by atoms with Crippen LogP contribution in [0.5, 0.6) is 0 Å². The van der Waals surface area contributed by atoms with Gasteiger partial charge in [-0.15, -0.1) is 11.3 Å². The van der Waals surface area contributed by atoms with E-state index in [9.17, 15) is 4.79 Å². The van der Waals surface area contributed by atoms with E-state index in [0.29, 0.717) is 16.9 Å². The van der Waals surface area contributed by atoms with Gasteiger partial charge in [0.05, 0.1) is 5.56 Å². The normalized spacial score (nSPS) is 19.6. The Morgan fingerprint density at radius 2 is 1.78 bits per heavy atom. The largest absolute Gasteiger partial charge is 0.478 e. The summed E-state index contributed by atoms with van der Waals surface area (Å²) in [5.41, 5.74) is 6.59. The minimum Gasteiger partial charge on any atom is -0.478 e. The highest BCUT2D eigenvalue weighted by Crippen LogP contribution is 2.45. The maximum atomic E-state index is 11.1. The molecule has 2 heterocycles. The molecule has 172 valence electrons. The van der Waals surface area contributed by atoms with Crippen LogP contribution >= 0.6 is 11.3 Å². The van der Waals surface area contributed by atoms with Gasteiger partial charge >= 0.3 is 5.97 Å². The predicted octanol–water partition coefficient (Wildman–Crippen LogP) is 6.36. The Balaban J connectivity index is 1.47. The van der Waals surface area contributed by atoms with Crippen LogP contribution in [-0.4, -0.2) is 48.7 Å². The third-order valence-corrected chi connectivity index (χ3v) is 8.21. The number of hydrogen-bond donors (Lipinski definition) is 1. The highest BCUT2D eigenvalue weighted by Gasteiger charge is 2.30. The highest BCUT2D eigenvalue weighted by atomic mass is 32.1. The van der Waals surface area contributed by atoms with Crippen LogP contribution in [0, 0.1) is 5.41 Å². The summed E-state index contributed by atoms with van der Waals surface area (Å²) in [4.78, 5) is 17.6. The molecule has 1 N–H and O–H groups in total. The van der Waals surface area contributed by atoms with Crippen molar-refractivity contribution in [3.05, 3.63) is 57.3 Å². The number of nitrogens with zero attached hydrogens (tertiary/aromatic N) is 2. The standard InChI is InChI=1S/C27H36N2O2S/c1-19(2)25-23(10-16-32-25)24-17-27(3,4)11-9-21(24)18-28-12-14-29(15-13-28)22-7-5-20(6-8-22)26(30)31/h5-8,10,16,19H,9,11-15,17-18H2,1-4H3,(H,30,31). The second-order valence-corrected chi connectivity index (χ2v) is 11.3. The fourth-order valence-electron chi connectivity index (χ4n) is 5.06. The van der Waals surface area contributed by atoms with Crippen LogP contribution in [0.25, 0.3) is 5.57 Å². The molecule has 1 aromatic carbocycles. The van der Waals surface area contributed by atoms with Crippen LogP contribution in [0.4, 0.5) is 5.69 Å². The highest BCUT2D eigenvalue weighted by molar-refractivity contribution is 7.10. The molecule has 0 amide bonds. The van der Waals surface area contributed by atoms with Gasteiger partial charge in [-0.2, -0.15) is 0 Å². The molecule has 4 rings (SSSR count). The lowest BCUT2D eigenvalue weighted by Crippen LogP contribution is -2.47. The minimum atomic E-state index is -0.868. The summed E-state index contributed by atoms with van der Waals surface area (Å²) in [6.45, 7) is 14.6. The number of allylic oxidation sites excluding steroid dienone is 1. The molecular weight excluding hydrogens is 416 g/mol. The summed E-state index contributed by atoms with van der Waals surface area (Å²) < 4.78 is 0. The average molecular weight is 453 g/mol. The molecule has 0 saturated carbocycles. The van der Waals surface area contributed by atoms with Crippen LogP contribution in [0.2, 0.25) is 0 Å². The summed E-state index contributed by atoms with van der Waals surface area (Å²) in [5.74, 6) is -0.299. The van der Waals surface area contributed by atoms with E-state index in [1.54, 1.807) is 23.3 Å². The number of anilines is 1. The van der Waals surface area contributed by atoms with E-state index >= 15 is 0 Å². The van der Waals surface area contributed by atoms with E-state index in [2.05, 4.69) is 48.9 Å². The van der Waals surface area contributed by atoms with Gasteiger partial charge in [-0.25, -0.2) is 4.79 Å². The van der Waals surface area contributed by atoms with Crippen molar-refractivity contribution in [3.63, 3.8) is 0 Å². The number of hydrogen-bond acceptors (Lipinski definition) is 4. The number of rotatable bonds is 6. The Kier molecular flexibility index (Phi) is 6.78. The molecule has 0 bridgehead atoms. The molecule has 5 heteroatoms. The average Bonchev–Trinajstić information content (AvgIpc) is 3.26. The Morgan fingerprint density at radius 1 is 1.09 bits per heavy atom. The molecule has 4 nitrogen and oxygen atoms in total. The van der Waals surface area contributed by atoms with Gasteiger partial charge < -0.3 is 10.0 Å². The maximum Gasteiger partial charge on any atom is 0.335 e. The summed E-state index contributed by atoms with van der Waals surface area (Å²) in [5, 5.41) is 11.4. The quantitative estimate of drug-likeness (QED) is 0.554. The zero-order valence-corrected chi connectivity index (χ0v) is 20.7. The maximum absolute atomic E-state index is 11.1. The Labute approximate surface area is 196 Å². The van der Waals surface area contributed by atoms with Crippen molar-refractivity contribution in [2.45, 2.75) is 52.9 Å². The molecule has 0 unspecified atom stereocenters. The molecule has 2 aliphatic rings. The third kappa shape index (κ3) is 5.10. The molecular formula is C27H36N2O2S. The number of thiophene rings is 1. The summed E-state index contributed by atoms with van der Waals surface area (Å²) in [7, 11) is 0. The van der Waals surface area contributed by atoms with Crippen molar-refractivity contribution >= 4 is 28.6 Å². The lowest BCUT2D eigenvalue weighted by Gasteiger charge is -2.39. The molecule has 2 aromatic rings. The van der Waals surface area contributed by atoms with E-state index in [4.69, 9.17) is 5.11 Å². The first-order valence-electron chi connectivity index (χ1n) is 11.8. The lowest BCUT2D eigenvalue weighted by atomic mass is 9.72. The number of aromatic carboxylic acids is 1. The van der Waals surface area contributed by atoms with Crippen molar-refractivity contribution in [3.8, 4) is 0 Å². The number of carboxylic acid groups (broad SMARTS) is 1. The molecule has 0 radical (unpaired) electrons. The first-order chi connectivity index (χ1) is 15.2. The van der Waals surface area contributed by atoms with Crippen LogP contribution in [0.15, 0.2) is 41.3 Å². The monoisotopic (exact) mass is 452 g/mol. The molecule has 0 atom stereocenters. The van der Waals surface area contributed by atoms with E-state index in [0.717, 1.165) is 38.4 Å². The molecule has 32 heavy (non-hydrogen) atoms. The Bertz CT molecular complexity index is 979. The zero-order valence-electron chi connectivity index (χ0n) is 19.9. The summed E-state index contributed by atoms with van der Waals surface area (Å²) in [6, 6.07) is 9.64. The molecule has 1 aliphatic heterocycles. The Hall–Kier alpha value is -2.11. The van der Waals surface area contributed by atoms with Gasteiger partial charge in [-0.05, 0) is 77.4 Å². The predicted molar refractivity (Wildman–Crippen MR) is 135 cm³/mol. The molecule has 1 fully saturated rings. The van der Waals surface area contributed by atoms with Crippen LogP contribution in [-0.2, 0) is 0 Å². The number of benzene rings is 1. The number of carbonyl (C=O) groups is 1. The smallest absolute Gasteiger partial charge is 0.335 e. The van der Waals surface area contributed by atoms with Gasteiger partial charge in [-0.3, -0.25) is 4.90 Å². The fourth-order valence-corrected chi connectivity index (χ4v) is 6.00. The lowest BCUT2D eigenvalue weighted by molar-refractivity contribution is 0.0697. The second kappa shape index (κ2) is 9.40. The van der Waals surface area contributed by atoms with Gasteiger partial charge in [0.15, 0.2) is 0 Å². The van der Waals surface area contributed by atoms with Gasteiger partial charge in [0.25, 0.3) is 0 Å². The summed E-state index contributed by atoms with van der Waals surface area (Å²) in [6.07, 6.45) is 3.64. The van der Waals surface area contributed by atoms with Crippen molar-refractivity contribution in [1.82, 2.24) is 4.90 Å². The first kappa shape index (κ1) is 23.1. The number of carboxylic acids is 1. The molecule has 1 saturated heterocycles. The zero-order chi connectivity index (χ0) is 22.9. The second-order valence-electron chi connectivity index (χ2n) is 10.4. The van der Waals surface area contributed by atoms with Crippen molar-refractivity contribution in [2.24, 2.45) is 5.41 Å². The SMILES string of the molecule is CC(C)c1sccc1C1=C(CN2CCN(c3ccc(C(=O)O)cc3)CC2)CCC(C)(C)C1. The fraction of sp³-hybridized carbons (Fsp3) is 0.519. The van der Waals surface area contributed by atoms with Crippen molar-refractivity contribution in [2.75, 3.05) is 37.6 Å². The van der Waals surface area contributed by atoms with Gasteiger partial charge in [0, 0.05) is 43.3 Å². The Morgan fingerprint density at radius 3 is 2.41 bits per heavy atom. The van der Waals surface area contributed by atoms with Crippen molar-refractivity contribution in [1.29, 1.82) is 0 Å². The van der Waals surface area contributed by atoms with Crippen LogP contribution in [0.1, 0.15) is 73.7 Å². The van der Waals surface area contributed by atoms with E-state index in [1.165, 1.54) is 29.7 Å². The number of piperazine rings is 1. The third-order valence-electron chi connectivity index (χ3n) is 7.00. The molecule has 1 aromatic heterocycles. The minimum absolute atomic E-state index is 0.348. The van der Waals surface area contributed by atoms with Gasteiger partial charge in [0.2, 0.25) is 0 Å². The molecule has 0 spiro atoms. The molecule has 1 aliphatic carbocycles. The van der Waals surface area contributed by atoms with E-state index in [1.807, 2.05) is 23.5 Å². The topological polar surface area (TPSA) is 43.8 Å².